The maximum Gasteiger partial charge on any atom is 0.421 e. The van der Waals surface area contributed by atoms with E-state index < -0.39 is 17.8 Å². The van der Waals surface area contributed by atoms with Crippen LogP contribution in [0.2, 0.25) is 0 Å². The maximum atomic E-state index is 13.4. The molecule has 3 rings (SSSR count). The third-order valence-corrected chi connectivity index (χ3v) is 3.79. The van der Waals surface area contributed by atoms with Crippen LogP contribution in [0, 0.1) is 0 Å². The highest BCUT2D eigenvalue weighted by molar-refractivity contribution is 5.56. The van der Waals surface area contributed by atoms with Gasteiger partial charge >= 0.3 is 6.18 Å². The lowest BCUT2D eigenvalue weighted by molar-refractivity contribution is -0.138. The Morgan fingerprint density at radius 2 is 1.24 bits per heavy atom. The Labute approximate surface area is 143 Å². The fraction of sp³-hybridized carbons (Fsp3) is 0.100. The molecule has 5 heteroatoms. The van der Waals surface area contributed by atoms with Crippen molar-refractivity contribution in [2.45, 2.75) is 12.3 Å². The fourth-order valence-electron chi connectivity index (χ4n) is 2.66. The average molecular weight is 343 g/mol. The van der Waals surface area contributed by atoms with Gasteiger partial charge in [0.15, 0.2) is 0 Å². The molecule has 0 fully saturated rings. The van der Waals surface area contributed by atoms with Gasteiger partial charge in [-0.1, -0.05) is 66.7 Å². The van der Waals surface area contributed by atoms with E-state index in [-0.39, 0.29) is 11.4 Å². The van der Waals surface area contributed by atoms with E-state index in [0.717, 1.165) is 11.1 Å². The zero-order valence-electron chi connectivity index (χ0n) is 13.2. The van der Waals surface area contributed by atoms with Crippen molar-refractivity contribution in [3.05, 3.63) is 95.6 Å². The van der Waals surface area contributed by atoms with Crippen LogP contribution in [0.25, 0.3) is 0 Å². The molecule has 0 aliphatic rings. The lowest BCUT2D eigenvalue weighted by Gasteiger charge is -2.23. The van der Waals surface area contributed by atoms with E-state index >= 15 is 0 Å². The van der Waals surface area contributed by atoms with E-state index in [1.165, 1.54) is 18.2 Å². The summed E-state index contributed by atoms with van der Waals surface area (Å²) in [5, 5.41) is 0. The molecule has 0 radical (unpaired) electrons. The molecule has 3 aromatic rings. The summed E-state index contributed by atoms with van der Waals surface area (Å²) in [7, 11) is 0. The third-order valence-electron chi connectivity index (χ3n) is 3.79. The number of hydrogen-bond donors (Lipinski definition) is 1. The first-order valence-corrected chi connectivity index (χ1v) is 7.69. The quantitative estimate of drug-likeness (QED) is 0.639. The Bertz CT molecular complexity index is 793. The Morgan fingerprint density at radius 3 is 1.72 bits per heavy atom. The summed E-state index contributed by atoms with van der Waals surface area (Å²) < 4.78 is 46.0. The van der Waals surface area contributed by atoms with E-state index in [0.29, 0.717) is 0 Å². The first-order valence-electron chi connectivity index (χ1n) is 7.69. The molecule has 0 heterocycles. The van der Waals surface area contributed by atoms with Crippen LogP contribution in [0.4, 0.5) is 18.9 Å². The molecule has 128 valence electrons. The van der Waals surface area contributed by atoms with Crippen LogP contribution in [0.5, 0.6) is 5.75 Å². The molecule has 3 aromatic carbocycles. The van der Waals surface area contributed by atoms with Gasteiger partial charge in [-0.25, -0.2) is 0 Å². The second-order valence-corrected chi connectivity index (χ2v) is 5.54. The van der Waals surface area contributed by atoms with Gasteiger partial charge in [0, 0.05) is 5.69 Å². The zero-order chi connectivity index (χ0) is 17.9. The van der Waals surface area contributed by atoms with Crippen LogP contribution in [0.1, 0.15) is 22.8 Å². The molecular weight excluding hydrogens is 327 g/mol. The molecule has 2 N–H and O–H groups in total. The van der Waals surface area contributed by atoms with Crippen molar-refractivity contribution in [1.82, 2.24) is 0 Å². The fourth-order valence-corrected chi connectivity index (χ4v) is 2.66. The predicted octanol–water partition coefficient (Wildman–Crippen LogP) is 5.46. The zero-order valence-corrected chi connectivity index (χ0v) is 13.2. The van der Waals surface area contributed by atoms with Crippen molar-refractivity contribution in [3.63, 3.8) is 0 Å². The van der Waals surface area contributed by atoms with E-state index in [1.54, 1.807) is 0 Å². The second kappa shape index (κ2) is 6.89. The minimum absolute atomic E-state index is 0.287. The van der Waals surface area contributed by atoms with Crippen LogP contribution in [0.15, 0.2) is 78.9 Å². The number of nitrogen functional groups attached to an aromatic ring is 1. The van der Waals surface area contributed by atoms with Crippen molar-refractivity contribution in [1.29, 1.82) is 0 Å². The number of hydrogen-bond acceptors (Lipinski definition) is 2. The number of benzene rings is 3. The molecule has 0 bridgehead atoms. The minimum Gasteiger partial charge on any atom is -0.480 e. The highest BCUT2D eigenvalue weighted by Gasteiger charge is 2.37. The molecule has 0 aliphatic heterocycles. The number of ether oxygens (including phenoxy) is 1. The SMILES string of the molecule is Nc1cccc(OC(c2ccccc2)c2ccccc2)c1C(F)(F)F. The molecule has 0 atom stereocenters. The third kappa shape index (κ3) is 3.76. The number of alkyl halides is 3. The Hall–Kier alpha value is -2.95. The Kier molecular flexibility index (Phi) is 4.65. The number of rotatable bonds is 4. The van der Waals surface area contributed by atoms with Gasteiger partial charge in [0.25, 0.3) is 0 Å². The lowest BCUT2D eigenvalue weighted by atomic mass is 10.0. The summed E-state index contributed by atoms with van der Waals surface area (Å²) in [6.07, 6.45) is -5.27. The Balaban J connectivity index is 2.08. The lowest BCUT2D eigenvalue weighted by Crippen LogP contribution is -2.15. The molecule has 0 aliphatic carbocycles. The van der Waals surface area contributed by atoms with Crippen molar-refractivity contribution in [2.75, 3.05) is 5.73 Å². The first-order chi connectivity index (χ1) is 12.0. The topological polar surface area (TPSA) is 35.2 Å². The van der Waals surface area contributed by atoms with Gasteiger partial charge in [-0.05, 0) is 23.3 Å². The Morgan fingerprint density at radius 1 is 0.720 bits per heavy atom. The molecule has 0 spiro atoms. The molecule has 0 amide bonds. The van der Waals surface area contributed by atoms with E-state index in [1.807, 2.05) is 60.7 Å². The van der Waals surface area contributed by atoms with Crippen LogP contribution < -0.4 is 10.5 Å². The molecule has 0 unspecified atom stereocenters. The van der Waals surface area contributed by atoms with Crippen molar-refractivity contribution < 1.29 is 17.9 Å². The van der Waals surface area contributed by atoms with E-state index in [9.17, 15) is 13.2 Å². The average Bonchev–Trinajstić information content (AvgIpc) is 2.60. The highest BCUT2D eigenvalue weighted by Crippen LogP contribution is 2.42. The van der Waals surface area contributed by atoms with Crippen LogP contribution >= 0.6 is 0 Å². The van der Waals surface area contributed by atoms with Crippen molar-refractivity contribution >= 4 is 5.69 Å². The van der Waals surface area contributed by atoms with Crippen LogP contribution in [-0.2, 0) is 6.18 Å². The normalized spacial score (nSPS) is 11.5. The molecule has 0 saturated carbocycles. The van der Waals surface area contributed by atoms with Crippen molar-refractivity contribution in [3.8, 4) is 5.75 Å². The molecule has 0 aromatic heterocycles. The molecular formula is C20H16F3NO. The highest BCUT2D eigenvalue weighted by atomic mass is 19.4. The number of anilines is 1. The summed E-state index contributed by atoms with van der Waals surface area (Å²) in [5.74, 6) is -0.287. The van der Waals surface area contributed by atoms with Gasteiger partial charge in [-0.2, -0.15) is 13.2 Å². The monoisotopic (exact) mass is 343 g/mol. The minimum atomic E-state index is -4.60. The summed E-state index contributed by atoms with van der Waals surface area (Å²) in [6.45, 7) is 0. The summed E-state index contributed by atoms with van der Waals surface area (Å²) >= 11 is 0. The summed E-state index contributed by atoms with van der Waals surface area (Å²) in [5.41, 5.74) is 5.76. The summed E-state index contributed by atoms with van der Waals surface area (Å²) in [4.78, 5) is 0. The van der Waals surface area contributed by atoms with Gasteiger partial charge in [-0.15, -0.1) is 0 Å². The van der Waals surface area contributed by atoms with Gasteiger partial charge in [-0.3, -0.25) is 0 Å². The van der Waals surface area contributed by atoms with Gasteiger partial charge in [0.2, 0.25) is 0 Å². The molecule has 2 nitrogen and oxygen atoms in total. The maximum absolute atomic E-state index is 13.4. The predicted molar refractivity (Wildman–Crippen MR) is 91.2 cm³/mol. The van der Waals surface area contributed by atoms with E-state index in [4.69, 9.17) is 10.5 Å². The van der Waals surface area contributed by atoms with Gasteiger partial charge in [0.05, 0.1) is 0 Å². The van der Waals surface area contributed by atoms with E-state index in [2.05, 4.69) is 0 Å². The standard InChI is InChI=1S/C20H16F3NO/c21-20(22,23)18-16(24)12-7-13-17(18)25-19(14-8-3-1-4-9-14)15-10-5-2-6-11-15/h1-13,19H,24H2. The first kappa shape index (κ1) is 16.9. The van der Waals surface area contributed by atoms with Gasteiger partial charge < -0.3 is 10.5 Å². The second-order valence-electron chi connectivity index (χ2n) is 5.54. The summed E-state index contributed by atoms with van der Waals surface area (Å²) in [6, 6.07) is 22.2. The molecule has 0 saturated heterocycles. The van der Waals surface area contributed by atoms with Crippen LogP contribution in [-0.4, -0.2) is 0 Å². The number of halogens is 3. The number of nitrogens with two attached hydrogens (primary N) is 1. The van der Waals surface area contributed by atoms with Crippen molar-refractivity contribution in [2.24, 2.45) is 0 Å². The van der Waals surface area contributed by atoms with Crippen LogP contribution in [0.3, 0.4) is 0 Å². The largest absolute Gasteiger partial charge is 0.480 e. The smallest absolute Gasteiger partial charge is 0.421 e. The molecule has 25 heavy (non-hydrogen) atoms. The van der Waals surface area contributed by atoms with Gasteiger partial charge in [0.1, 0.15) is 17.4 Å².